The lowest BCUT2D eigenvalue weighted by molar-refractivity contribution is 0.215. The van der Waals surface area contributed by atoms with Gasteiger partial charge in [-0.05, 0) is 23.1 Å². The van der Waals surface area contributed by atoms with Crippen LogP contribution in [0.4, 0.5) is 0 Å². The maximum Gasteiger partial charge on any atom is 0.0268 e. The van der Waals surface area contributed by atoms with Gasteiger partial charge in [0.05, 0.1) is 0 Å². The van der Waals surface area contributed by atoms with Gasteiger partial charge in [0.25, 0.3) is 0 Å². The zero-order valence-corrected chi connectivity index (χ0v) is 13.4. The topological polar surface area (TPSA) is 26.3 Å². The van der Waals surface area contributed by atoms with Crippen LogP contribution >= 0.6 is 15.9 Å². The molecule has 0 fully saturated rings. The number of halogens is 1. The molecule has 0 saturated heterocycles. The highest BCUT2D eigenvalue weighted by atomic mass is 79.9. The number of benzene rings is 2. The summed E-state index contributed by atoms with van der Waals surface area (Å²) in [5, 5.41) is 13.8. The summed E-state index contributed by atoms with van der Waals surface area (Å²) in [5.41, 5.74) is 2.09. The Morgan fingerprint density at radius 2 is 1.60 bits per heavy atom. The average molecular weight is 333 g/mol. The molecule has 0 aliphatic heterocycles. The highest BCUT2D eigenvalue weighted by molar-refractivity contribution is 9.10. The molecule has 20 heavy (non-hydrogen) atoms. The predicted octanol–water partition coefficient (Wildman–Crippen LogP) is 5.15. The molecule has 2 rings (SSSR count). The Hall–Kier alpha value is -1.16. The maximum absolute atomic E-state index is 12.6. The van der Waals surface area contributed by atoms with Gasteiger partial charge in [0.1, 0.15) is 0 Å². The van der Waals surface area contributed by atoms with E-state index in [4.69, 9.17) is 0 Å². The van der Waals surface area contributed by atoms with Crippen molar-refractivity contribution in [3.8, 4) is 0 Å². The van der Waals surface area contributed by atoms with Crippen LogP contribution in [-0.4, -0.2) is 5.06 Å². The Labute approximate surface area is 129 Å². The minimum absolute atomic E-state index is 0.147. The summed E-state index contributed by atoms with van der Waals surface area (Å²) in [4.78, 5) is 0. The van der Waals surface area contributed by atoms with Gasteiger partial charge in [0.15, 0.2) is 0 Å². The van der Waals surface area contributed by atoms with Crippen molar-refractivity contribution in [2.45, 2.75) is 26.4 Å². The summed E-state index contributed by atoms with van der Waals surface area (Å²) in [6.07, 6.45) is 0. The lowest BCUT2D eigenvalue weighted by atomic mass is 9.95. The molecule has 0 N–H and O–H groups in total. The van der Waals surface area contributed by atoms with Crippen molar-refractivity contribution >= 4 is 15.9 Å². The van der Waals surface area contributed by atoms with Crippen LogP contribution in [0, 0.1) is 11.1 Å². The van der Waals surface area contributed by atoms with Crippen LogP contribution in [-0.2, 0) is 6.54 Å². The summed E-state index contributed by atoms with van der Waals surface area (Å²) in [6.45, 7) is 4.57. The molecule has 0 saturated carbocycles. The number of hydroxylamine groups is 2. The largest absolute Gasteiger partial charge is 0.784 e. The third-order valence-corrected chi connectivity index (χ3v) is 4.07. The van der Waals surface area contributed by atoms with E-state index in [1.54, 1.807) is 0 Å². The Morgan fingerprint density at radius 3 is 2.20 bits per heavy atom. The summed E-state index contributed by atoms with van der Waals surface area (Å²) in [6, 6.07) is 17.7. The van der Waals surface area contributed by atoms with Crippen molar-refractivity contribution in [2.24, 2.45) is 5.92 Å². The third kappa shape index (κ3) is 3.69. The van der Waals surface area contributed by atoms with E-state index in [2.05, 4.69) is 29.8 Å². The molecule has 106 valence electrons. The van der Waals surface area contributed by atoms with E-state index in [-0.39, 0.29) is 12.0 Å². The molecule has 0 radical (unpaired) electrons. The fourth-order valence-electron chi connectivity index (χ4n) is 2.42. The molecule has 1 atom stereocenters. The van der Waals surface area contributed by atoms with Gasteiger partial charge in [-0.2, -0.15) is 0 Å². The zero-order chi connectivity index (χ0) is 14.5. The van der Waals surface area contributed by atoms with Gasteiger partial charge in [0.2, 0.25) is 0 Å². The minimum atomic E-state index is -0.147. The molecule has 2 aromatic rings. The van der Waals surface area contributed by atoms with E-state index in [9.17, 15) is 5.21 Å². The van der Waals surface area contributed by atoms with Crippen LogP contribution in [0.3, 0.4) is 0 Å². The number of hydrogen-bond donors (Lipinski definition) is 0. The van der Waals surface area contributed by atoms with Gasteiger partial charge < -0.3 is 10.3 Å². The van der Waals surface area contributed by atoms with Crippen LogP contribution in [0.1, 0.15) is 31.0 Å². The monoisotopic (exact) mass is 332 g/mol. The lowest BCUT2D eigenvalue weighted by Crippen LogP contribution is -2.27. The van der Waals surface area contributed by atoms with Gasteiger partial charge in [-0.15, -0.1) is 0 Å². The van der Waals surface area contributed by atoms with Crippen LogP contribution in [0.15, 0.2) is 59.1 Å². The first-order chi connectivity index (χ1) is 9.59. The van der Waals surface area contributed by atoms with Crippen molar-refractivity contribution in [1.29, 1.82) is 0 Å². The summed E-state index contributed by atoms with van der Waals surface area (Å²) in [7, 11) is 0. The Balaban J connectivity index is 2.23. The molecule has 1 unspecified atom stereocenters. The molecule has 0 spiro atoms. The van der Waals surface area contributed by atoms with Crippen LogP contribution in [0.2, 0.25) is 0 Å². The van der Waals surface area contributed by atoms with Gasteiger partial charge in [-0.1, -0.05) is 78.3 Å². The molecule has 0 aromatic heterocycles. The van der Waals surface area contributed by atoms with E-state index >= 15 is 0 Å². The highest BCUT2D eigenvalue weighted by Crippen LogP contribution is 2.33. The summed E-state index contributed by atoms with van der Waals surface area (Å²) in [5.74, 6) is 0.245. The molecule has 0 heterocycles. The van der Waals surface area contributed by atoms with E-state index in [1.165, 1.54) is 5.06 Å². The normalized spacial score (nSPS) is 12.9. The van der Waals surface area contributed by atoms with Crippen molar-refractivity contribution in [3.05, 3.63) is 75.4 Å². The fourth-order valence-corrected chi connectivity index (χ4v) is 2.94. The number of rotatable bonds is 5. The van der Waals surface area contributed by atoms with E-state index in [0.717, 1.165) is 15.6 Å². The predicted molar refractivity (Wildman–Crippen MR) is 87.1 cm³/mol. The minimum Gasteiger partial charge on any atom is -0.784 e. The second-order valence-electron chi connectivity index (χ2n) is 5.27. The molecule has 2 aromatic carbocycles. The zero-order valence-electron chi connectivity index (χ0n) is 11.8. The smallest absolute Gasteiger partial charge is 0.0268 e. The van der Waals surface area contributed by atoms with Crippen LogP contribution in [0.25, 0.3) is 0 Å². The standard InChI is InChI=1S/C17H19BrNO/c1-13(2)17(15-10-6-7-11-16(15)18)19(20)12-14-8-4-3-5-9-14/h3-11,13,17H,12H2,1-2H3/q-1. The van der Waals surface area contributed by atoms with Gasteiger partial charge in [0, 0.05) is 17.1 Å². The summed E-state index contributed by atoms with van der Waals surface area (Å²) >= 11 is 3.55. The molecular formula is C17H19BrNO-. The van der Waals surface area contributed by atoms with E-state index < -0.39 is 0 Å². The first-order valence-corrected chi connectivity index (χ1v) is 7.61. The molecule has 2 nitrogen and oxygen atoms in total. The molecular weight excluding hydrogens is 314 g/mol. The summed E-state index contributed by atoms with van der Waals surface area (Å²) < 4.78 is 0.993. The molecule has 0 amide bonds. The highest BCUT2D eigenvalue weighted by Gasteiger charge is 2.19. The second-order valence-corrected chi connectivity index (χ2v) is 6.13. The van der Waals surface area contributed by atoms with Crippen molar-refractivity contribution in [1.82, 2.24) is 5.06 Å². The SMILES string of the molecule is CC(C)C(c1ccccc1Br)N([O-])Cc1ccccc1. The fraction of sp³-hybridized carbons (Fsp3) is 0.294. The van der Waals surface area contributed by atoms with E-state index in [1.807, 2.05) is 54.6 Å². The first kappa shape index (κ1) is 15.2. The molecule has 0 bridgehead atoms. The van der Waals surface area contributed by atoms with Crippen LogP contribution in [0.5, 0.6) is 0 Å². The lowest BCUT2D eigenvalue weighted by Gasteiger charge is -2.40. The second kappa shape index (κ2) is 7.02. The third-order valence-electron chi connectivity index (χ3n) is 3.35. The molecule has 3 heteroatoms. The Morgan fingerprint density at radius 1 is 1.00 bits per heavy atom. The Kier molecular flexibility index (Phi) is 5.35. The maximum atomic E-state index is 12.6. The molecule has 0 aliphatic carbocycles. The van der Waals surface area contributed by atoms with Crippen molar-refractivity contribution in [2.75, 3.05) is 0 Å². The van der Waals surface area contributed by atoms with Gasteiger partial charge in [-0.3, -0.25) is 0 Å². The molecule has 0 aliphatic rings. The van der Waals surface area contributed by atoms with Crippen molar-refractivity contribution < 1.29 is 0 Å². The van der Waals surface area contributed by atoms with Crippen LogP contribution < -0.4 is 0 Å². The first-order valence-electron chi connectivity index (χ1n) is 6.81. The quantitative estimate of drug-likeness (QED) is 0.708. The Bertz CT molecular complexity index is 542. The van der Waals surface area contributed by atoms with Gasteiger partial charge in [-0.25, -0.2) is 0 Å². The number of nitrogens with zero attached hydrogens (tertiary/aromatic N) is 1. The average Bonchev–Trinajstić information content (AvgIpc) is 2.42. The van der Waals surface area contributed by atoms with Gasteiger partial charge >= 0.3 is 0 Å². The van der Waals surface area contributed by atoms with E-state index in [0.29, 0.717) is 6.54 Å². The number of hydrogen-bond acceptors (Lipinski definition) is 2. The van der Waals surface area contributed by atoms with Crippen molar-refractivity contribution in [3.63, 3.8) is 0 Å².